The van der Waals surface area contributed by atoms with Gasteiger partial charge in [0.1, 0.15) is 6.33 Å². The maximum absolute atomic E-state index is 14.0. The van der Waals surface area contributed by atoms with Gasteiger partial charge in [0, 0.05) is 16.8 Å². The lowest BCUT2D eigenvalue weighted by Crippen LogP contribution is -2.31. The summed E-state index contributed by atoms with van der Waals surface area (Å²) in [5, 5.41) is 0.806. The standard InChI is InChI=1S/C17H15F4N4P/c1-10-8-11(2-7-14(10)22)15-23-9-25(24-15)13-5-3-12(4-6-13)16(18,26)17(19,20)21/h2-9H,22,26H2,1H3. The summed E-state index contributed by atoms with van der Waals surface area (Å²) in [6.45, 7) is 1.86. The van der Waals surface area contributed by atoms with Crippen LogP contribution < -0.4 is 5.73 Å². The fourth-order valence-electron chi connectivity index (χ4n) is 2.35. The molecule has 1 heterocycles. The van der Waals surface area contributed by atoms with E-state index in [4.69, 9.17) is 5.73 Å². The molecule has 0 saturated heterocycles. The largest absolute Gasteiger partial charge is 0.430 e. The van der Waals surface area contributed by atoms with Crippen LogP contribution >= 0.6 is 9.24 Å². The summed E-state index contributed by atoms with van der Waals surface area (Å²) in [6.07, 6.45) is -3.59. The monoisotopic (exact) mass is 382 g/mol. The number of rotatable bonds is 3. The number of hydrogen-bond donors (Lipinski definition) is 1. The average molecular weight is 382 g/mol. The van der Waals surface area contributed by atoms with Gasteiger partial charge in [-0.15, -0.1) is 5.10 Å². The number of benzene rings is 2. The first-order valence-corrected chi connectivity index (χ1v) is 8.11. The van der Waals surface area contributed by atoms with Crippen LogP contribution in [0.3, 0.4) is 0 Å². The summed E-state index contributed by atoms with van der Waals surface area (Å²) in [7, 11) is 1.21. The Balaban J connectivity index is 1.89. The van der Waals surface area contributed by atoms with E-state index in [-0.39, 0.29) is 0 Å². The molecule has 0 aliphatic carbocycles. The molecule has 26 heavy (non-hydrogen) atoms. The highest BCUT2D eigenvalue weighted by Gasteiger charge is 2.53. The van der Waals surface area contributed by atoms with E-state index in [1.165, 1.54) is 32.4 Å². The lowest BCUT2D eigenvalue weighted by molar-refractivity contribution is -0.199. The number of nitrogen functional groups attached to an aromatic ring is 1. The lowest BCUT2D eigenvalue weighted by atomic mass is 10.1. The molecule has 2 aromatic carbocycles. The molecule has 0 radical (unpaired) electrons. The SMILES string of the molecule is Cc1cc(-c2ncn(-c3ccc(C(F)(P)C(F)(F)F)cc3)n2)ccc1N. The van der Waals surface area contributed by atoms with Crippen LogP contribution in [-0.2, 0) is 5.41 Å². The number of nitrogens with two attached hydrogens (primary N) is 1. The molecule has 2 atom stereocenters. The Kier molecular flexibility index (Phi) is 4.48. The number of nitrogens with zero attached hydrogens (tertiary/aromatic N) is 3. The fourth-order valence-corrected chi connectivity index (χ4v) is 2.55. The van der Waals surface area contributed by atoms with Gasteiger partial charge in [0.05, 0.1) is 5.69 Å². The zero-order valence-electron chi connectivity index (χ0n) is 13.6. The third-order valence-corrected chi connectivity index (χ3v) is 4.65. The molecular formula is C17H15F4N4P. The highest BCUT2D eigenvalue weighted by Crippen LogP contribution is 2.47. The Bertz CT molecular complexity index is 933. The Labute approximate surface area is 149 Å². The molecule has 0 aliphatic rings. The van der Waals surface area contributed by atoms with Crippen molar-refractivity contribution >= 4 is 14.9 Å². The van der Waals surface area contributed by atoms with Crippen molar-refractivity contribution in [3.05, 3.63) is 59.9 Å². The summed E-state index contributed by atoms with van der Waals surface area (Å²) in [6, 6.07) is 10.2. The summed E-state index contributed by atoms with van der Waals surface area (Å²) in [4.78, 5) is 4.20. The third-order valence-electron chi connectivity index (χ3n) is 3.98. The van der Waals surface area contributed by atoms with E-state index >= 15 is 0 Å². The number of alkyl halides is 4. The molecule has 0 fully saturated rings. The molecule has 1 aromatic heterocycles. The molecular weight excluding hydrogens is 367 g/mol. The van der Waals surface area contributed by atoms with Gasteiger partial charge in [-0.2, -0.15) is 13.2 Å². The zero-order chi connectivity index (χ0) is 19.1. The Hall–Kier alpha value is -2.47. The van der Waals surface area contributed by atoms with Gasteiger partial charge in [0.25, 0.3) is 0 Å². The van der Waals surface area contributed by atoms with Crippen LogP contribution in [0.4, 0.5) is 23.2 Å². The molecule has 136 valence electrons. The first-order valence-electron chi connectivity index (χ1n) is 7.53. The molecule has 0 spiro atoms. The summed E-state index contributed by atoms with van der Waals surface area (Å²) >= 11 is 0. The number of aromatic nitrogens is 3. The van der Waals surface area contributed by atoms with Crippen molar-refractivity contribution < 1.29 is 17.6 Å². The average Bonchev–Trinajstić information content (AvgIpc) is 3.06. The van der Waals surface area contributed by atoms with Gasteiger partial charge in [-0.05, 0) is 42.8 Å². The van der Waals surface area contributed by atoms with E-state index in [2.05, 4.69) is 10.1 Å². The second-order valence-electron chi connectivity index (χ2n) is 5.84. The van der Waals surface area contributed by atoms with E-state index in [0.717, 1.165) is 23.3 Å². The van der Waals surface area contributed by atoms with Crippen molar-refractivity contribution in [2.24, 2.45) is 0 Å². The van der Waals surface area contributed by atoms with E-state index in [9.17, 15) is 17.6 Å². The molecule has 0 amide bonds. The van der Waals surface area contributed by atoms with E-state index < -0.39 is 17.1 Å². The normalized spacial score (nSPS) is 14.2. The quantitative estimate of drug-likeness (QED) is 0.415. The van der Waals surface area contributed by atoms with Gasteiger partial charge in [-0.25, -0.2) is 14.1 Å². The van der Waals surface area contributed by atoms with Gasteiger partial charge < -0.3 is 5.73 Å². The van der Waals surface area contributed by atoms with Gasteiger partial charge >= 0.3 is 6.18 Å². The molecule has 0 bridgehead atoms. The minimum atomic E-state index is -5.02. The maximum Gasteiger partial charge on any atom is 0.430 e. The molecule has 4 nitrogen and oxygen atoms in total. The topological polar surface area (TPSA) is 56.7 Å². The zero-order valence-corrected chi connectivity index (χ0v) is 14.8. The Morgan fingerprint density at radius 1 is 1.04 bits per heavy atom. The summed E-state index contributed by atoms with van der Waals surface area (Å²) in [5.74, 6) is 0.443. The summed E-state index contributed by atoms with van der Waals surface area (Å²) < 4.78 is 53.6. The summed E-state index contributed by atoms with van der Waals surface area (Å²) in [5.41, 5.74) is 8.04. The van der Waals surface area contributed by atoms with Crippen LogP contribution in [-0.4, -0.2) is 20.9 Å². The van der Waals surface area contributed by atoms with Crippen LogP contribution in [0.15, 0.2) is 48.8 Å². The highest BCUT2D eigenvalue weighted by molar-refractivity contribution is 7.18. The predicted molar refractivity (Wildman–Crippen MR) is 94.5 cm³/mol. The Morgan fingerprint density at radius 3 is 2.27 bits per heavy atom. The second-order valence-corrected chi connectivity index (χ2v) is 6.64. The highest BCUT2D eigenvalue weighted by atomic mass is 31.0. The van der Waals surface area contributed by atoms with E-state index in [0.29, 0.717) is 17.2 Å². The lowest BCUT2D eigenvalue weighted by Gasteiger charge is -2.23. The van der Waals surface area contributed by atoms with Gasteiger partial charge in [-0.1, -0.05) is 21.4 Å². The van der Waals surface area contributed by atoms with Crippen molar-refractivity contribution in [2.75, 3.05) is 5.73 Å². The van der Waals surface area contributed by atoms with Crippen molar-refractivity contribution in [1.29, 1.82) is 0 Å². The van der Waals surface area contributed by atoms with Crippen LogP contribution in [0, 0.1) is 6.92 Å². The second kappa shape index (κ2) is 6.36. The molecule has 0 aliphatic heterocycles. The number of hydrogen-bond acceptors (Lipinski definition) is 3. The van der Waals surface area contributed by atoms with E-state index in [1.54, 1.807) is 12.1 Å². The molecule has 2 N–H and O–H groups in total. The minimum absolute atomic E-state index is 0.443. The first kappa shape index (κ1) is 18.3. The van der Waals surface area contributed by atoms with Crippen molar-refractivity contribution in [1.82, 2.24) is 14.8 Å². The van der Waals surface area contributed by atoms with Gasteiger partial charge in [0.15, 0.2) is 5.82 Å². The smallest absolute Gasteiger partial charge is 0.399 e. The number of anilines is 1. The molecule has 2 unspecified atom stereocenters. The molecule has 3 rings (SSSR count). The Morgan fingerprint density at radius 2 is 1.69 bits per heavy atom. The van der Waals surface area contributed by atoms with Crippen LogP contribution in [0.2, 0.25) is 0 Å². The third kappa shape index (κ3) is 3.29. The maximum atomic E-state index is 14.0. The molecule has 0 saturated carbocycles. The van der Waals surface area contributed by atoms with Crippen LogP contribution in [0.1, 0.15) is 11.1 Å². The van der Waals surface area contributed by atoms with Crippen molar-refractivity contribution in [2.45, 2.75) is 18.5 Å². The first-order chi connectivity index (χ1) is 12.1. The van der Waals surface area contributed by atoms with Crippen LogP contribution in [0.25, 0.3) is 17.1 Å². The molecule has 3 aromatic rings. The van der Waals surface area contributed by atoms with Crippen LogP contribution in [0.5, 0.6) is 0 Å². The van der Waals surface area contributed by atoms with Crippen molar-refractivity contribution in [3.63, 3.8) is 0 Å². The van der Waals surface area contributed by atoms with E-state index in [1.807, 2.05) is 13.0 Å². The predicted octanol–water partition coefficient (Wildman–Crippen LogP) is 4.38. The number of halogens is 4. The fraction of sp³-hybridized carbons (Fsp3) is 0.176. The molecule has 9 heteroatoms. The minimum Gasteiger partial charge on any atom is -0.399 e. The van der Waals surface area contributed by atoms with Crippen molar-refractivity contribution in [3.8, 4) is 17.1 Å². The number of aryl methyl sites for hydroxylation is 1. The van der Waals surface area contributed by atoms with Gasteiger partial charge in [0.2, 0.25) is 5.41 Å². The van der Waals surface area contributed by atoms with Gasteiger partial charge in [-0.3, -0.25) is 0 Å².